The predicted octanol–water partition coefficient (Wildman–Crippen LogP) is 3.61. The molecular weight excluding hydrogens is 362 g/mol. The molecule has 0 unspecified atom stereocenters. The van der Waals surface area contributed by atoms with Crippen LogP contribution in [0.3, 0.4) is 0 Å². The second-order valence-electron chi connectivity index (χ2n) is 7.11. The summed E-state index contributed by atoms with van der Waals surface area (Å²) in [5.74, 6) is 6.27. The lowest BCUT2D eigenvalue weighted by atomic mass is 10.0. The molecule has 3 rings (SSSR count). The third-order valence-corrected chi connectivity index (χ3v) is 5.11. The molecule has 0 saturated heterocycles. The van der Waals surface area contributed by atoms with Gasteiger partial charge in [-0.3, -0.25) is 4.79 Å². The van der Waals surface area contributed by atoms with Crippen molar-refractivity contribution in [2.24, 2.45) is 0 Å². The molecule has 6 nitrogen and oxygen atoms in total. The fraction of sp³-hybridized carbons (Fsp3) is 0.304. The molecule has 0 atom stereocenters. The highest BCUT2D eigenvalue weighted by Crippen LogP contribution is 2.17. The Morgan fingerprint density at radius 3 is 2.48 bits per heavy atom. The zero-order chi connectivity index (χ0) is 20.8. The van der Waals surface area contributed by atoms with Crippen molar-refractivity contribution >= 4 is 11.6 Å². The van der Waals surface area contributed by atoms with Crippen molar-refractivity contribution in [2.75, 3.05) is 16.5 Å². The molecule has 1 heterocycles. The van der Waals surface area contributed by atoms with Gasteiger partial charge >= 0.3 is 0 Å². The van der Waals surface area contributed by atoms with Crippen LogP contribution in [-0.2, 0) is 25.9 Å². The van der Waals surface area contributed by atoms with Crippen LogP contribution in [-0.4, -0.2) is 9.66 Å². The zero-order valence-corrected chi connectivity index (χ0v) is 17.3. The van der Waals surface area contributed by atoms with E-state index >= 15 is 0 Å². The summed E-state index contributed by atoms with van der Waals surface area (Å²) in [6.45, 7) is 7.37. The van der Waals surface area contributed by atoms with Crippen LogP contribution in [0.5, 0.6) is 0 Å². The molecule has 0 fully saturated rings. The molecule has 1 aromatic heterocycles. The number of nitrogen functional groups attached to an aromatic ring is 1. The van der Waals surface area contributed by atoms with E-state index in [4.69, 9.17) is 5.84 Å². The van der Waals surface area contributed by atoms with Crippen molar-refractivity contribution in [3.8, 4) is 0 Å². The summed E-state index contributed by atoms with van der Waals surface area (Å²) in [6.07, 6.45) is 1.92. The van der Waals surface area contributed by atoms with Gasteiger partial charge in [0.1, 0.15) is 0 Å². The van der Waals surface area contributed by atoms with Gasteiger partial charge in [0.2, 0.25) is 5.95 Å². The number of nitrogens with one attached hydrogen (secondary N) is 2. The summed E-state index contributed by atoms with van der Waals surface area (Å²) in [4.78, 5) is 16.8. The standard InChI is InChI=1S/C23H29N5O/c1-4-18-8-6-7-9-21(18)25-15-20-13-22(29)28(24)23(27-20)26-14-17-11-10-16(3)19(5-2)12-17/h6-13,25H,4-5,14-15,24H2,1-3H3,(H,26,27). The largest absolute Gasteiger partial charge is 0.379 e. The number of anilines is 2. The number of hydrogen-bond acceptors (Lipinski definition) is 5. The number of nitrogens with two attached hydrogens (primary N) is 1. The molecule has 0 amide bonds. The van der Waals surface area contributed by atoms with E-state index in [0.717, 1.165) is 28.8 Å². The quantitative estimate of drug-likeness (QED) is 0.511. The third-order valence-electron chi connectivity index (χ3n) is 5.11. The molecule has 0 saturated carbocycles. The number of benzene rings is 2. The van der Waals surface area contributed by atoms with E-state index in [0.29, 0.717) is 24.7 Å². The van der Waals surface area contributed by atoms with Crippen LogP contribution in [0.15, 0.2) is 53.3 Å². The predicted molar refractivity (Wildman–Crippen MR) is 120 cm³/mol. The van der Waals surface area contributed by atoms with Crippen molar-refractivity contribution in [1.82, 2.24) is 9.66 Å². The van der Waals surface area contributed by atoms with Crippen LogP contribution in [0.4, 0.5) is 11.6 Å². The van der Waals surface area contributed by atoms with E-state index in [1.54, 1.807) is 0 Å². The maximum Gasteiger partial charge on any atom is 0.273 e. The van der Waals surface area contributed by atoms with Crippen molar-refractivity contribution in [3.05, 3.63) is 86.8 Å². The maximum absolute atomic E-state index is 12.3. The fourth-order valence-corrected chi connectivity index (χ4v) is 3.34. The average molecular weight is 392 g/mol. The molecular formula is C23H29N5O. The lowest BCUT2D eigenvalue weighted by Gasteiger charge is -2.14. The Kier molecular flexibility index (Phi) is 6.54. The summed E-state index contributed by atoms with van der Waals surface area (Å²) in [5, 5.41) is 6.57. The SMILES string of the molecule is CCc1cc(CNc2nc(CNc3ccccc3CC)cc(=O)n2N)ccc1C. The summed E-state index contributed by atoms with van der Waals surface area (Å²) < 4.78 is 1.05. The Bertz CT molecular complexity index is 1040. The Hall–Kier alpha value is -3.28. The lowest BCUT2D eigenvalue weighted by Crippen LogP contribution is -2.31. The Labute approximate surface area is 171 Å². The van der Waals surface area contributed by atoms with Gasteiger partial charge in [0.15, 0.2) is 0 Å². The van der Waals surface area contributed by atoms with Gasteiger partial charge in [-0.05, 0) is 48.1 Å². The number of rotatable bonds is 8. The fourth-order valence-electron chi connectivity index (χ4n) is 3.34. The van der Waals surface area contributed by atoms with Gasteiger partial charge in [0.25, 0.3) is 5.56 Å². The topological polar surface area (TPSA) is 85.0 Å². The van der Waals surface area contributed by atoms with Crippen LogP contribution in [0.25, 0.3) is 0 Å². The third kappa shape index (κ3) is 4.96. The lowest BCUT2D eigenvalue weighted by molar-refractivity contribution is 0.850. The molecule has 4 N–H and O–H groups in total. The Morgan fingerprint density at radius 1 is 0.966 bits per heavy atom. The molecule has 2 aromatic carbocycles. The van der Waals surface area contributed by atoms with Crippen molar-refractivity contribution in [1.29, 1.82) is 0 Å². The van der Waals surface area contributed by atoms with E-state index in [2.05, 4.69) is 60.7 Å². The van der Waals surface area contributed by atoms with Crippen molar-refractivity contribution in [2.45, 2.75) is 46.7 Å². The molecule has 152 valence electrons. The summed E-state index contributed by atoms with van der Waals surface area (Å²) >= 11 is 0. The highest BCUT2D eigenvalue weighted by Gasteiger charge is 2.08. The van der Waals surface area contributed by atoms with Crippen LogP contribution in [0.2, 0.25) is 0 Å². The maximum atomic E-state index is 12.3. The first-order valence-electron chi connectivity index (χ1n) is 10.0. The Balaban J connectivity index is 1.74. The minimum atomic E-state index is -0.291. The van der Waals surface area contributed by atoms with Gasteiger partial charge in [-0.25, -0.2) is 4.98 Å². The number of aryl methyl sites for hydroxylation is 3. The molecule has 0 bridgehead atoms. The van der Waals surface area contributed by atoms with Crippen LogP contribution in [0, 0.1) is 6.92 Å². The van der Waals surface area contributed by atoms with E-state index in [1.165, 1.54) is 22.8 Å². The number of aromatic nitrogens is 2. The summed E-state index contributed by atoms with van der Waals surface area (Å²) in [7, 11) is 0. The molecule has 6 heteroatoms. The molecule has 29 heavy (non-hydrogen) atoms. The summed E-state index contributed by atoms with van der Waals surface area (Å²) in [6, 6.07) is 16.0. The molecule has 3 aromatic rings. The molecule has 0 aliphatic carbocycles. The molecule has 0 aliphatic heterocycles. The van der Waals surface area contributed by atoms with Crippen LogP contribution < -0.4 is 22.0 Å². The molecule has 0 spiro atoms. The first-order chi connectivity index (χ1) is 14.0. The minimum absolute atomic E-state index is 0.291. The highest BCUT2D eigenvalue weighted by molar-refractivity contribution is 5.51. The highest BCUT2D eigenvalue weighted by atomic mass is 16.1. The zero-order valence-electron chi connectivity index (χ0n) is 17.3. The van der Waals surface area contributed by atoms with E-state index in [1.807, 2.05) is 18.2 Å². The second kappa shape index (κ2) is 9.28. The van der Waals surface area contributed by atoms with Crippen molar-refractivity contribution < 1.29 is 0 Å². The first kappa shape index (κ1) is 20.5. The number of hydrogen-bond donors (Lipinski definition) is 3. The monoisotopic (exact) mass is 391 g/mol. The molecule has 0 radical (unpaired) electrons. The molecule has 0 aliphatic rings. The van der Waals surface area contributed by atoms with E-state index < -0.39 is 0 Å². The average Bonchev–Trinajstić information content (AvgIpc) is 2.74. The van der Waals surface area contributed by atoms with E-state index in [-0.39, 0.29) is 5.56 Å². The van der Waals surface area contributed by atoms with Gasteiger partial charge in [-0.2, -0.15) is 4.68 Å². The second-order valence-corrected chi connectivity index (χ2v) is 7.11. The first-order valence-corrected chi connectivity index (χ1v) is 10.0. The van der Waals surface area contributed by atoms with Gasteiger partial charge in [0, 0.05) is 18.3 Å². The van der Waals surface area contributed by atoms with Gasteiger partial charge in [-0.1, -0.05) is 50.2 Å². The van der Waals surface area contributed by atoms with E-state index in [9.17, 15) is 4.79 Å². The van der Waals surface area contributed by atoms with Gasteiger partial charge in [0.05, 0.1) is 12.2 Å². The number of nitrogens with zero attached hydrogens (tertiary/aromatic N) is 2. The van der Waals surface area contributed by atoms with Crippen LogP contribution in [0.1, 0.15) is 41.8 Å². The smallest absolute Gasteiger partial charge is 0.273 e. The van der Waals surface area contributed by atoms with Gasteiger partial charge in [-0.15, -0.1) is 0 Å². The minimum Gasteiger partial charge on any atom is -0.379 e. The van der Waals surface area contributed by atoms with Crippen LogP contribution >= 0.6 is 0 Å². The number of para-hydroxylation sites is 1. The van der Waals surface area contributed by atoms with Gasteiger partial charge < -0.3 is 16.5 Å². The van der Waals surface area contributed by atoms with Crippen molar-refractivity contribution in [3.63, 3.8) is 0 Å². The summed E-state index contributed by atoms with van der Waals surface area (Å²) in [5.41, 5.74) is 6.35. The Morgan fingerprint density at radius 2 is 1.72 bits per heavy atom. The normalized spacial score (nSPS) is 10.7.